The van der Waals surface area contributed by atoms with Crippen molar-refractivity contribution in [1.29, 1.82) is 5.41 Å². The molecule has 0 aromatic heterocycles. The fourth-order valence-electron chi connectivity index (χ4n) is 0.385. The van der Waals surface area contributed by atoms with E-state index in [1.807, 2.05) is 36.4 Å². The third-order valence-corrected chi connectivity index (χ3v) is 0.667. The highest BCUT2D eigenvalue weighted by atomic mass is 16.1. The van der Waals surface area contributed by atoms with Gasteiger partial charge in [-0.05, 0) is 0 Å². The Morgan fingerprint density at radius 1 is 0.889 bits per heavy atom. The van der Waals surface area contributed by atoms with Gasteiger partial charge in [-0.15, -0.1) is 0 Å². The van der Waals surface area contributed by atoms with E-state index < -0.39 is 0 Å². The number of hydrogen-bond acceptors (Lipinski definition) is 2. The van der Waals surface area contributed by atoms with Crippen molar-refractivity contribution in [1.82, 2.24) is 0 Å². The fourth-order valence-corrected chi connectivity index (χ4v) is 0.385. The lowest BCUT2D eigenvalue weighted by Crippen LogP contribution is -1.47. The van der Waals surface area contributed by atoms with E-state index in [9.17, 15) is 0 Å². The lowest BCUT2D eigenvalue weighted by atomic mass is 10.4. The van der Waals surface area contributed by atoms with E-state index in [-0.39, 0.29) is 0 Å². The molecule has 2 nitrogen and oxygen atoms in total. The molecule has 0 atom stereocenters. The quantitative estimate of drug-likeness (QED) is 0.411. The zero-order chi connectivity index (χ0) is 6.95. The molecule has 0 heterocycles. The van der Waals surface area contributed by atoms with Crippen LogP contribution in [0, 0.1) is 5.41 Å². The van der Waals surface area contributed by atoms with Crippen LogP contribution in [0.4, 0.5) is 0 Å². The second kappa shape index (κ2) is 6.60. The Morgan fingerprint density at radius 3 is 1.11 bits per heavy atom. The van der Waals surface area contributed by atoms with E-state index in [4.69, 9.17) is 10.2 Å². The highest BCUT2D eigenvalue weighted by molar-refractivity contribution is 5.26. The van der Waals surface area contributed by atoms with Crippen molar-refractivity contribution in [3.8, 4) is 0 Å². The summed E-state index contributed by atoms with van der Waals surface area (Å²) in [6.45, 7) is 0. The predicted molar refractivity (Wildman–Crippen MR) is 34.9 cm³/mol. The Hall–Kier alpha value is -1.40. The lowest BCUT2D eigenvalue weighted by molar-refractivity contribution is 0.563. The highest BCUT2D eigenvalue weighted by Gasteiger charge is 1.57. The first-order chi connectivity index (χ1) is 4.41. The summed E-state index contributed by atoms with van der Waals surface area (Å²) in [5.41, 5.74) is 0. The van der Waals surface area contributed by atoms with Crippen molar-refractivity contribution >= 4 is 6.08 Å². The Balaban J connectivity index is 0.000000187. The Bertz CT molecular complexity index is 139. The van der Waals surface area contributed by atoms with Gasteiger partial charge in [-0.1, -0.05) is 36.4 Å². The fraction of sp³-hybridized carbons (Fsp3) is 0. The first-order valence-corrected chi connectivity index (χ1v) is 2.45. The maximum Gasteiger partial charge on any atom is 0.231 e. The summed E-state index contributed by atoms with van der Waals surface area (Å²) in [5, 5.41) is 5.40. The Morgan fingerprint density at radius 2 is 1.00 bits per heavy atom. The Kier molecular flexibility index (Phi) is 5.57. The average molecular weight is 121 g/mol. The second-order valence-electron chi connectivity index (χ2n) is 1.26. The van der Waals surface area contributed by atoms with Crippen LogP contribution in [-0.2, 0) is 4.79 Å². The summed E-state index contributed by atoms with van der Waals surface area (Å²) in [5.74, 6) is 0. The molecule has 1 N–H and O–H groups in total. The largest absolute Gasteiger partial charge is 0.231 e. The first-order valence-electron chi connectivity index (χ1n) is 2.45. The molecule has 0 unspecified atom stereocenters. The normalized spacial score (nSPS) is 6.22. The SMILES string of the molecule is N=C=O.c1ccccc1. The van der Waals surface area contributed by atoms with Crippen LogP contribution < -0.4 is 0 Å². The molecular weight excluding hydrogens is 114 g/mol. The molecule has 0 saturated carbocycles. The topological polar surface area (TPSA) is 40.9 Å². The van der Waals surface area contributed by atoms with Crippen LogP contribution in [0.25, 0.3) is 0 Å². The van der Waals surface area contributed by atoms with Crippen LogP contribution >= 0.6 is 0 Å². The number of isocyanates is 1. The van der Waals surface area contributed by atoms with E-state index in [2.05, 4.69) is 0 Å². The van der Waals surface area contributed by atoms with Gasteiger partial charge in [0.25, 0.3) is 0 Å². The van der Waals surface area contributed by atoms with Crippen molar-refractivity contribution in [2.45, 2.75) is 0 Å². The molecule has 0 bridgehead atoms. The molecule has 0 radical (unpaired) electrons. The molecule has 0 amide bonds. The third kappa shape index (κ3) is 6.60. The van der Waals surface area contributed by atoms with Crippen molar-refractivity contribution in [3.63, 3.8) is 0 Å². The molecule has 1 aromatic carbocycles. The molecule has 0 spiro atoms. The molecule has 0 aliphatic carbocycles. The smallest absolute Gasteiger partial charge is 0.222 e. The van der Waals surface area contributed by atoms with Gasteiger partial charge in [0.05, 0.1) is 0 Å². The maximum absolute atomic E-state index is 8.35. The third-order valence-electron chi connectivity index (χ3n) is 0.667. The zero-order valence-corrected chi connectivity index (χ0v) is 4.87. The van der Waals surface area contributed by atoms with Gasteiger partial charge in [0.1, 0.15) is 0 Å². The van der Waals surface area contributed by atoms with Crippen molar-refractivity contribution < 1.29 is 4.79 Å². The summed E-state index contributed by atoms with van der Waals surface area (Å²) < 4.78 is 0. The molecule has 2 heteroatoms. The molecule has 0 aliphatic rings. The van der Waals surface area contributed by atoms with E-state index in [1.165, 1.54) is 0 Å². The molecule has 1 aromatic rings. The Labute approximate surface area is 53.6 Å². The standard InChI is InChI=1S/C6H6.CHNO/c1-2-4-6-5-3-1;2-1-3/h1-6H;2H. The van der Waals surface area contributed by atoms with E-state index in [0.717, 1.165) is 6.08 Å². The number of rotatable bonds is 0. The van der Waals surface area contributed by atoms with Gasteiger partial charge in [0, 0.05) is 0 Å². The predicted octanol–water partition coefficient (Wildman–Crippen LogP) is 1.59. The van der Waals surface area contributed by atoms with Gasteiger partial charge in [-0.25, -0.2) is 10.2 Å². The number of hydrogen-bond donors (Lipinski definition) is 1. The average Bonchev–Trinajstić information content (AvgIpc) is 1.93. The summed E-state index contributed by atoms with van der Waals surface area (Å²) >= 11 is 0. The van der Waals surface area contributed by atoms with E-state index in [0.29, 0.717) is 0 Å². The summed E-state index contributed by atoms with van der Waals surface area (Å²) in [4.78, 5) is 8.35. The number of carbonyl (C=O) groups excluding carboxylic acids is 1. The molecule has 46 valence electrons. The molecular formula is C7H7NO. The minimum atomic E-state index is 0.750. The van der Waals surface area contributed by atoms with Crippen LogP contribution in [0.15, 0.2) is 36.4 Å². The van der Waals surface area contributed by atoms with Crippen molar-refractivity contribution in [2.75, 3.05) is 0 Å². The van der Waals surface area contributed by atoms with E-state index in [1.54, 1.807) is 0 Å². The van der Waals surface area contributed by atoms with Crippen LogP contribution in [0.5, 0.6) is 0 Å². The van der Waals surface area contributed by atoms with Crippen LogP contribution in [-0.4, -0.2) is 6.08 Å². The van der Waals surface area contributed by atoms with Crippen LogP contribution in [0.3, 0.4) is 0 Å². The molecule has 0 aliphatic heterocycles. The second-order valence-corrected chi connectivity index (χ2v) is 1.26. The van der Waals surface area contributed by atoms with Gasteiger partial charge < -0.3 is 0 Å². The van der Waals surface area contributed by atoms with Gasteiger partial charge in [-0.2, -0.15) is 0 Å². The van der Waals surface area contributed by atoms with Gasteiger partial charge in [0.15, 0.2) is 0 Å². The molecule has 0 saturated heterocycles. The van der Waals surface area contributed by atoms with Crippen LogP contribution in [0.1, 0.15) is 0 Å². The summed E-state index contributed by atoms with van der Waals surface area (Å²) in [6.07, 6.45) is 0.750. The summed E-state index contributed by atoms with van der Waals surface area (Å²) in [6, 6.07) is 12.0. The first kappa shape index (κ1) is 7.60. The molecule has 1 rings (SSSR count). The van der Waals surface area contributed by atoms with Gasteiger partial charge in [0.2, 0.25) is 6.08 Å². The van der Waals surface area contributed by atoms with Crippen LogP contribution in [0.2, 0.25) is 0 Å². The molecule has 9 heavy (non-hydrogen) atoms. The van der Waals surface area contributed by atoms with Crippen molar-refractivity contribution in [2.24, 2.45) is 0 Å². The molecule has 0 fully saturated rings. The maximum atomic E-state index is 8.35. The zero-order valence-electron chi connectivity index (χ0n) is 4.87. The minimum absolute atomic E-state index is 0.750. The lowest BCUT2D eigenvalue weighted by Gasteiger charge is -1.69. The minimum Gasteiger partial charge on any atom is -0.222 e. The number of nitrogens with one attached hydrogen (secondary N) is 1. The highest BCUT2D eigenvalue weighted by Crippen LogP contribution is 1.79. The van der Waals surface area contributed by atoms with E-state index >= 15 is 0 Å². The van der Waals surface area contributed by atoms with Crippen molar-refractivity contribution in [3.05, 3.63) is 36.4 Å². The van der Waals surface area contributed by atoms with Gasteiger partial charge in [-0.3, -0.25) is 0 Å². The van der Waals surface area contributed by atoms with Gasteiger partial charge >= 0.3 is 0 Å². The summed E-state index contributed by atoms with van der Waals surface area (Å²) in [7, 11) is 0. The monoisotopic (exact) mass is 121 g/mol. The number of benzene rings is 1.